The second kappa shape index (κ2) is 11.7. The zero-order chi connectivity index (χ0) is 24.2. The third-order valence-corrected chi connectivity index (χ3v) is 5.39. The van der Waals surface area contributed by atoms with E-state index >= 15 is 0 Å². The van der Waals surface area contributed by atoms with Gasteiger partial charge in [0.2, 0.25) is 6.61 Å². The van der Waals surface area contributed by atoms with Gasteiger partial charge < -0.3 is 14.5 Å². The van der Waals surface area contributed by atoms with Crippen molar-refractivity contribution in [1.82, 2.24) is 14.2 Å². The highest BCUT2D eigenvalue weighted by atomic mass is 79.9. The van der Waals surface area contributed by atoms with Crippen LogP contribution >= 0.6 is 17.0 Å². The van der Waals surface area contributed by atoms with E-state index < -0.39 is 24.0 Å². The minimum atomic E-state index is -4.60. The summed E-state index contributed by atoms with van der Waals surface area (Å²) in [6.07, 6.45) is -3.18. The highest BCUT2D eigenvalue weighted by Crippen LogP contribution is 2.29. The molecule has 1 saturated heterocycles. The Morgan fingerprint density at radius 3 is 2.35 bits per heavy atom. The maximum atomic E-state index is 13.4. The van der Waals surface area contributed by atoms with Gasteiger partial charge >= 0.3 is 11.9 Å². The zero-order valence-corrected chi connectivity index (χ0v) is 20.5. The molecular formula is C21H27BrF4N4O4. The number of nitrogens with zero attached hydrogens (tertiary/aromatic N) is 4. The highest BCUT2D eigenvalue weighted by molar-refractivity contribution is 8.93. The Morgan fingerprint density at radius 1 is 1.06 bits per heavy atom. The maximum absolute atomic E-state index is 13.4. The summed E-state index contributed by atoms with van der Waals surface area (Å²) in [6, 6.07) is 4.40. The number of ether oxygens (including phenoxy) is 1. The molecule has 2 heterocycles. The SMILES string of the molecule is Br.COc1cc(F)ccc1N1CCN(CCCn2c(=O)c(C)cn(OCC(F)(F)F)c2=O)CC1. The van der Waals surface area contributed by atoms with Gasteiger partial charge in [-0.2, -0.15) is 13.2 Å². The van der Waals surface area contributed by atoms with Crippen molar-refractivity contribution in [3.63, 3.8) is 0 Å². The van der Waals surface area contributed by atoms with E-state index in [-0.39, 0.29) is 34.9 Å². The van der Waals surface area contributed by atoms with Gasteiger partial charge in [0.15, 0.2) is 0 Å². The van der Waals surface area contributed by atoms with Crippen molar-refractivity contribution in [1.29, 1.82) is 0 Å². The number of piperazine rings is 1. The lowest BCUT2D eigenvalue weighted by molar-refractivity contribution is -0.176. The average Bonchev–Trinajstić information content (AvgIpc) is 2.77. The van der Waals surface area contributed by atoms with Gasteiger partial charge in [-0.05, 0) is 32.0 Å². The maximum Gasteiger partial charge on any atom is 0.425 e. The van der Waals surface area contributed by atoms with E-state index in [1.54, 1.807) is 6.07 Å². The first-order valence-electron chi connectivity index (χ1n) is 10.4. The van der Waals surface area contributed by atoms with E-state index in [0.717, 1.165) is 16.5 Å². The fourth-order valence-electron chi connectivity index (χ4n) is 3.71. The van der Waals surface area contributed by atoms with Gasteiger partial charge in [0.1, 0.15) is 11.6 Å². The monoisotopic (exact) mass is 554 g/mol. The Kier molecular flexibility index (Phi) is 9.56. The quantitative estimate of drug-likeness (QED) is 0.466. The second-order valence-electron chi connectivity index (χ2n) is 7.76. The molecule has 0 radical (unpaired) electrons. The molecule has 34 heavy (non-hydrogen) atoms. The van der Waals surface area contributed by atoms with E-state index in [0.29, 0.717) is 49.6 Å². The summed E-state index contributed by atoms with van der Waals surface area (Å²) in [7, 11) is 1.49. The van der Waals surface area contributed by atoms with Crippen LogP contribution in [0.5, 0.6) is 5.75 Å². The largest absolute Gasteiger partial charge is 0.494 e. The lowest BCUT2D eigenvalue weighted by Crippen LogP contribution is -2.47. The number of anilines is 1. The molecule has 13 heteroatoms. The number of methoxy groups -OCH3 is 1. The van der Waals surface area contributed by atoms with Crippen LogP contribution in [0.1, 0.15) is 12.0 Å². The molecule has 1 aliphatic rings. The number of alkyl halides is 3. The normalized spacial score (nSPS) is 14.6. The number of rotatable bonds is 8. The number of aryl methyl sites for hydroxylation is 1. The Bertz CT molecular complexity index is 1080. The van der Waals surface area contributed by atoms with Crippen LogP contribution in [0.2, 0.25) is 0 Å². The van der Waals surface area contributed by atoms with Gasteiger partial charge in [-0.1, -0.05) is 0 Å². The van der Waals surface area contributed by atoms with Gasteiger partial charge in [-0.3, -0.25) is 14.3 Å². The Balaban J connectivity index is 0.00000408. The fraction of sp³-hybridized carbons (Fsp3) is 0.524. The summed E-state index contributed by atoms with van der Waals surface area (Å²) in [5, 5.41) is 0. The molecule has 0 saturated carbocycles. The van der Waals surface area contributed by atoms with Crippen molar-refractivity contribution >= 4 is 22.7 Å². The molecule has 2 aromatic rings. The summed E-state index contributed by atoms with van der Waals surface area (Å²) in [5.41, 5.74) is -0.578. The molecule has 1 fully saturated rings. The summed E-state index contributed by atoms with van der Waals surface area (Å²) in [4.78, 5) is 33.5. The van der Waals surface area contributed by atoms with E-state index in [4.69, 9.17) is 4.74 Å². The van der Waals surface area contributed by atoms with Crippen molar-refractivity contribution in [2.75, 3.05) is 51.3 Å². The van der Waals surface area contributed by atoms with Crippen LogP contribution in [-0.4, -0.2) is 66.8 Å². The Morgan fingerprint density at radius 2 is 1.74 bits per heavy atom. The first-order valence-corrected chi connectivity index (χ1v) is 10.4. The second-order valence-corrected chi connectivity index (χ2v) is 7.76. The first kappa shape index (κ1) is 27.7. The van der Waals surface area contributed by atoms with Gasteiger partial charge in [0.05, 0.1) is 19.0 Å². The van der Waals surface area contributed by atoms with E-state index in [9.17, 15) is 27.2 Å². The molecule has 8 nitrogen and oxygen atoms in total. The van der Waals surface area contributed by atoms with Crippen molar-refractivity contribution in [3.8, 4) is 5.75 Å². The van der Waals surface area contributed by atoms with Crippen LogP contribution in [-0.2, 0) is 6.54 Å². The average molecular weight is 555 g/mol. The first-order chi connectivity index (χ1) is 15.6. The standard InChI is InChI=1S/C21H26F4N4O4.BrH/c1-15-13-29(33-14-21(23,24)25)20(31)28(19(15)30)7-3-6-26-8-10-27(11-9-26)17-5-4-16(22)12-18(17)32-2;/h4-5,12-13H,3,6-11,14H2,1-2H3;1H. The van der Waals surface area contributed by atoms with Crippen LogP contribution in [0.4, 0.5) is 23.2 Å². The number of hydrogen-bond donors (Lipinski definition) is 0. The molecule has 190 valence electrons. The minimum absolute atomic E-state index is 0. The molecule has 0 unspecified atom stereocenters. The summed E-state index contributed by atoms with van der Waals surface area (Å²) >= 11 is 0. The third kappa shape index (κ3) is 6.98. The molecule has 0 amide bonds. The summed E-state index contributed by atoms with van der Waals surface area (Å²) in [6.45, 7) is 3.22. The zero-order valence-electron chi connectivity index (χ0n) is 18.8. The molecule has 0 aliphatic carbocycles. The van der Waals surface area contributed by atoms with E-state index in [1.807, 2.05) is 0 Å². The highest BCUT2D eigenvalue weighted by Gasteiger charge is 2.29. The lowest BCUT2D eigenvalue weighted by atomic mass is 10.2. The smallest absolute Gasteiger partial charge is 0.425 e. The van der Waals surface area contributed by atoms with Crippen LogP contribution in [0.25, 0.3) is 0 Å². The van der Waals surface area contributed by atoms with Crippen molar-refractivity contribution in [2.45, 2.75) is 26.1 Å². The molecule has 0 spiro atoms. The van der Waals surface area contributed by atoms with E-state index in [2.05, 4.69) is 14.6 Å². The minimum Gasteiger partial charge on any atom is -0.494 e. The molecule has 0 bridgehead atoms. The van der Waals surface area contributed by atoms with Crippen molar-refractivity contribution in [3.05, 3.63) is 56.6 Å². The Hall–Kier alpha value is -2.54. The topological polar surface area (TPSA) is 68.9 Å². The fourth-order valence-corrected chi connectivity index (χ4v) is 3.71. The van der Waals surface area contributed by atoms with Gasteiger partial charge in [-0.15, -0.1) is 21.7 Å². The molecule has 1 aliphatic heterocycles. The number of benzene rings is 1. The predicted octanol–water partition coefficient (Wildman–Crippen LogP) is 2.25. The van der Waals surface area contributed by atoms with Crippen LogP contribution in [0.3, 0.4) is 0 Å². The lowest BCUT2D eigenvalue weighted by Gasteiger charge is -2.36. The van der Waals surface area contributed by atoms with Gasteiger partial charge in [-0.25, -0.2) is 9.18 Å². The number of halogens is 5. The number of hydrogen-bond acceptors (Lipinski definition) is 6. The Labute approximate surface area is 204 Å². The van der Waals surface area contributed by atoms with Gasteiger partial charge in [0.25, 0.3) is 5.56 Å². The number of aromatic nitrogens is 2. The third-order valence-electron chi connectivity index (χ3n) is 5.39. The predicted molar refractivity (Wildman–Crippen MR) is 124 cm³/mol. The summed E-state index contributed by atoms with van der Waals surface area (Å²) in [5.74, 6) is 0.0924. The van der Waals surface area contributed by atoms with Crippen molar-refractivity contribution < 1.29 is 27.1 Å². The van der Waals surface area contributed by atoms with Crippen LogP contribution in [0, 0.1) is 12.7 Å². The van der Waals surface area contributed by atoms with Crippen molar-refractivity contribution in [2.24, 2.45) is 0 Å². The van der Waals surface area contributed by atoms with Crippen LogP contribution in [0.15, 0.2) is 34.0 Å². The summed E-state index contributed by atoms with van der Waals surface area (Å²) < 4.78 is 57.3. The van der Waals surface area contributed by atoms with E-state index in [1.165, 1.54) is 26.2 Å². The molecule has 3 rings (SSSR count). The molecule has 0 N–H and O–H groups in total. The molecule has 1 aromatic heterocycles. The van der Waals surface area contributed by atoms with Gasteiger partial charge in [0, 0.05) is 44.4 Å². The molecular weight excluding hydrogens is 528 g/mol. The van der Waals surface area contributed by atoms with Crippen LogP contribution < -0.4 is 25.7 Å². The molecule has 1 aromatic carbocycles. The molecule has 0 atom stereocenters.